The smallest absolute Gasteiger partial charge is 0.261 e. The van der Waals surface area contributed by atoms with Gasteiger partial charge in [0.15, 0.2) is 6.10 Å². The Labute approximate surface area is 133 Å². The first-order chi connectivity index (χ1) is 10.4. The number of nitrogens with one attached hydrogen (secondary N) is 1. The zero-order chi connectivity index (χ0) is 16.3. The van der Waals surface area contributed by atoms with Gasteiger partial charge in [0.05, 0.1) is 10.7 Å². The zero-order valence-electron chi connectivity index (χ0n) is 12.6. The van der Waals surface area contributed by atoms with Crippen LogP contribution in [0.2, 0.25) is 5.02 Å². The molecule has 1 N–H and O–H groups in total. The lowest BCUT2D eigenvalue weighted by molar-refractivity contribution is -0.127. The lowest BCUT2D eigenvalue weighted by Crippen LogP contribution is -2.36. The Kier molecular flexibility index (Phi) is 5.03. The second-order valence-electron chi connectivity index (χ2n) is 4.97. The number of hydrogen-bond donors (Lipinski definition) is 1. The van der Waals surface area contributed by atoms with Crippen molar-refractivity contribution in [1.29, 1.82) is 0 Å². The number of benzene rings is 1. The molecule has 0 aliphatic heterocycles. The molecule has 0 fully saturated rings. The molecule has 0 spiro atoms. The molecule has 1 amide bonds. The van der Waals surface area contributed by atoms with Crippen molar-refractivity contribution in [1.82, 2.24) is 15.1 Å². The van der Waals surface area contributed by atoms with E-state index in [1.165, 1.54) is 12.1 Å². The number of nitrogens with zero attached hydrogens (tertiary/aromatic N) is 2. The van der Waals surface area contributed by atoms with Gasteiger partial charge in [-0.2, -0.15) is 5.10 Å². The highest BCUT2D eigenvalue weighted by Crippen LogP contribution is 2.25. The minimum Gasteiger partial charge on any atom is -0.479 e. The van der Waals surface area contributed by atoms with Crippen LogP contribution in [0.15, 0.2) is 24.4 Å². The maximum Gasteiger partial charge on any atom is 0.261 e. The van der Waals surface area contributed by atoms with Crippen LogP contribution in [0.3, 0.4) is 0 Å². The van der Waals surface area contributed by atoms with Crippen LogP contribution in [0.25, 0.3) is 0 Å². The lowest BCUT2D eigenvalue weighted by atomic mass is 10.2. The van der Waals surface area contributed by atoms with Crippen LogP contribution in [0.1, 0.15) is 18.2 Å². The fourth-order valence-electron chi connectivity index (χ4n) is 1.96. The second-order valence-corrected chi connectivity index (χ2v) is 5.37. The molecule has 1 heterocycles. The molecule has 1 atom stereocenters. The maximum absolute atomic E-state index is 13.0. The number of aryl methyl sites for hydroxylation is 2. The van der Waals surface area contributed by atoms with Gasteiger partial charge in [0.25, 0.3) is 5.91 Å². The van der Waals surface area contributed by atoms with Gasteiger partial charge < -0.3 is 10.1 Å². The summed E-state index contributed by atoms with van der Waals surface area (Å²) in [6.45, 7) is 3.84. The summed E-state index contributed by atoms with van der Waals surface area (Å²) in [5.74, 6) is -0.478. The van der Waals surface area contributed by atoms with Gasteiger partial charge in [-0.25, -0.2) is 4.39 Å². The number of carbonyl (C=O) groups is 1. The number of aromatic nitrogens is 2. The summed E-state index contributed by atoms with van der Waals surface area (Å²) in [6, 6.07) is 3.76. The first-order valence-corrected chi connectivity index (χ1v) is 7.13. The van der Waals surface area contributed by atoms with Crippen LogP contribution in [0.4, 0.5) is 4.39 Å². The van der Waals surface area contributed by atoms with E-state index in [1.54, 1.807) is 11.6 Å². The molecule has 2 aromatic rings. The predicted octanol–water partition coefficient (Wildman–Crippen LogP) is 2.60. The Bertz CT molecular complexity index is 687. The third-order valence-corrected chi connectivity index (χ3v) is 3.43. The average molecular weight is 326 g/mol. The molecule has 1 unspecified atom stereocenters. The second kappa shape index (κ2) is 6.79. The van der Waals surface area contributed by atoms with Crippen molar-refractivity contribution < 1.29 is 13.9 Å². The van der Waals surface area contributed by atoms with E-state index in [1.807, 2.05) is 20.2 Å². The Morgan fingerprint density at radius 2 is 2.27 bits per heavy atom. The molecule has 7 heteroatoms. The van der Waals surface area contributed by atoms with E-state index in [2.05, 4.69) is 10.4 Å². The predicted molar refractivity (Wildman–Crippen MR) is 81.3 cm³/mol. The molecule has 1 aromatic carbocycles. The van der Waals surface area contributed by atoms with E-state index >= 15 is 0 Å². The van der Waals surface area contributed by atoms with Gasteiger partial charge in [-0.3, -0.25) is 9.48 Å². The summed E-state index contributed by atoms with van der Waals surface area (Å²) in [5, 5.41) is 7.10. The Balaban J connectivity index is 1.93. The quantitative estimate of drug-likeness (QED) is 0.919. The van der Waals surface area contributed by atoms with Crippen molar-refractivity contribution >= 4 is 17.5 Å². The van der Waals surface area contributed by atoms with Gasteiger partial charge in [-0.15, -0.1) is 0 Å². The molecule has 0 saturated heterocycles. The largest absolute Gasteiger partial charge is 0.479 e. The van der Waals surface area contributed by atoms with E-state index < -0.39 is 11.9 Å². The molecule has 22 heavy (non-hydrogen) atoms. The fourth-order valence-corrected chi connectivity index (χ4v) is 2.17. The van der Waals surface area contributed by atoms with E-state index in [0.29, 0.717) is 6.54 Å². The fraction of sp³-hybridized carbons (Fsp3) is 0.333. The lowest BCUT2D eigenvalue weighted by Gasteiger charge is -2.15. The molecule has 0 aliphatic carbocycles. The molecule has 2 rings (SSSR count). The van der Waals surface area contributed by atoms with Crippen molar-refractivity contribution in [2.45, 2.75) is 26.5 Å². The van der Waals surface area contributed by atoms with Crippen LogP contribution >= 0.6 is 11.6 Å². The van der Waals surface area contributed by atoms with Crippen molar-refractivity contribution in [3.63, 3.8) is 0 Å². The van der Waals surface area contributed by atoms with E-state index in [0.717, 1.165) is 17.3 Å². The summed E-state index contributed by atoms with van der Waals surface area (Å²) in [7, 11) is 1.82. The monoisotopic (exact) mass is 325 g/mol. The van der Waals surface area contributed by atoms with E-state index in [4.69, 9.17) is 16.3 Å². The summed E-state index contributed by atoms with van der Waals surface area (Å²) < 4.78 is 20.1. The number of ether oxygens (including phenoxy) is 1. The molecular formula is C15H17ClFN3O2. The SMILES string of the molecule is Cc1nn(C)cc1CNC(=O)C(C)Oc1ccc(F)cc1Cl. The van der Waals surface area contributed by atoms with Crippen molar-refractivity contribution in [3.05, 3.63) is 46.5 Å². The normalized spacial score (nSPS) is 12.0. The summed E-state index contributed by atoms with van der Waals surface area (Å²) in [5.41, 5.74) is 1.79. The number of hydrogen-bond acceptors (Lipinski definition) is 3. The number of amides is 1. The van der Waals surface area contributed by atoms with E-state index in [-0.39, 0.29) is 16.7 Å². The number of rotatable bonds is 5. The van der Waals surface area contributed by atoms with Gasteiger partial charge in [0.1, 0.15) is 11.6 Å². The third-order valence-electron chi connectivity index (χ3n) is 3.14. The highest BCUT2D eigenvalue weighted by atomic mass is 35.5. The minimum atomic E-state index is -0.750. The Morgan fingerprint density at radius 3 is 2.86 bits per heavy atom. The van der Waals surface area contributed by atoms with Crippen LogP contribution in [-0.4, -0.2) is 21.8 Å². The first kappa shape index (κ1) is 16.3. The molecule has 1 aromatic heterocycles. The van der Waals surface area contributed by atoms with Gasteiger partial charge in [0.2, 0.25) is 0 Å². The van der Waals surface area contributed by atoms with Crippen LogP contribution in [-0.2, 0) is 18.4 Å². The van der Waals surface area contributed by atoms with Crippen LogP contribution in [0.5, 0.6) is 5.75 Å². The van der Waals surface area contributed by atoms with Gasteiger partial charge in [-0.05, 0) is 32.0 Å². The van der Waals surface area contributed by atoms with Gasteiger partial charge >= 0.3 is 0 Å². The standard InChI is InChI=1S/C15H17ClFN3O2/c1-9-11(8-20(3)19-9)7-18-15(21)10(2)22-14-5-4-12(17)6-13(14)16/h4-6,8,10H,7H2,1-3H3,(H,18,21). The number of halogens is 2. The topological polar surface area (TPSA) is 56.2 Å². The Morgan fingerprint density at radius 1 is 1.55 bits per heavy atom. The minimum absolute atomic E-state index is 0.128. The summed E-state index contributed by atoms with van der Waals surface area (Å²) in [6.07, 6.45) is 1.10. The molecule has 0 aliphatic rings. The zero-order valence-corrected chi connectivity index (χ0v) is 13.3. The molecule has 0 saturated carbocycles. The maximum atomic E-state index is 13.0. The summed E-state index contributed by atoms with van der Waals surface area (Å²) in [4.78, 5) is 12.0. The first-order valence-electron chi connectivity index (χ1n) is 6.75. The molecular weight excluding hydrogens is 309 g/mol. The summed E-state index contributed by atoms with van der Waals surface area (Å²) >= 11 is 5.87. The van der Waals surface area contributed by atoms with Gasteiger partial charge in [-0.1, -0.05) is 11.6 Å². The Hall–Kier alpha value is -2.08. The molecule has 118 valence electrons. The van der Waals surface area contributed by atoms with Gasteiger partial charge in [0, 0.05) is 25.4 Å². The molecule has 5 nitrogen and oxygen atoms in total. The van der Waals surface area contributed by atoms with Crippen molar-refractivity contribution in [3.8, 4) is 5.75 Å². The highest BCUT2D eigenvalue weighted by Gasteiger charge is 2.16. The third kappa shape index (κ3) is 3.98. The van der Waals surface area contributed by atoms with E-state index in [9.17, 15) is 9.18 Å². The van der Waals surface area contributed by atoms with Crippen molar-refractivity contribution in [2.75, 3.05) is 0 Å². The molecule has 0 bridgehead atoms. The molecule has 0 radical (unpaired) electrons. The highest BCUT2D eigenvalue weighted by molar-refractivity contribution is 6.32. The van der Waals surface area contributed by atoms with Crippen molar-refractivity contribution in [2.24, 2.45) is 7.05 Å². The van der Waals surface area contributed by atoms with Crippen LogP contribution < -0.4 is 10.1 Å². The number of carbonyl (C=O) groups excluding carboxylic acids is 1. The van der Waals surface area contributed by atoms with Crippen LogP contribution in [0, 0.1) is 12.7 Å². The average Bonchev–Trinajstić information content (AvgIpc) is 2.77.